The van der Waals surface area contributed by atoms with Crippen LogP contribution in [0.15, 0.2) is 42.5 Å². The van der Waals surface area contributed by atoms with Crippen molar-refractivity contribution in [2.24, 2.45) is 0 Å². The van der Waals surface area contributed by atoms with Gasteiger partial charge in [-0.1, -0.05) is 18.2 Å². The van der Waals surface area contributed by atoms with Gasteiger partial charge in [-0.3, -0.25) is 19.7 Å². The molecule has 0 atom stereocenters. The lowest BCUT2D eigenvalue weighted by atomic mass is 10.1. The molecule has 34 heavy (non-hydrogen) atoms. The molecule has 0 radical (unpaired) electrons. The number of hydrogen-bond acceptors (Lipinski definition) is 7. The van der Waals surface area contributed by atoms with Crippen LogP contribution < -0.4 is 15.4 Å². The van der Waals surface area contributed by atoms with Gasteiger partial charge in [0.05, 0.1) is 17.7 Å². The van der Waals surface area contributed by atoms with Gasteiger partial charge in [-0.25, -0.2) is 4.68 Å². The zero-order valence-electron chi connectivity index (χ0n) is 18.7. The van der Waals surface area contributed by atoms with Crippen LogP contribution in [0.3, 0.4) is 0 Å². The highest BCUT2D eigenvalue weighted by atomic mass is 32.2. The number of ether oxygens (including phenoxy) is 1. The van der Waals surface area contributed by atoms with Gasteiger partial charge in [0.15, 0.2) is 0 Å². The Morgan fingerprint density at radius 1 is 1.21 bits per heavy atom. The summed E-state index contributed by atoms with van der Waals surface area (Å²) in [5.41, 5.74) is 3.11. The Hall–Kier alpha value is -3.86. The summed E-state index contributed by atoms with van der Waals surface area (Å²) in [6, 6.07) is 11.7. The molecule has 1 aliphatic rings. The van der Waals surface area contributed by atoms with Crippen molar-refractivity contribution in [3.8, 4) is 5.75 Å². The number of anilines is 1. The van der Waals surface area contributed by atoms with Crippen molar-refractivity contribution < 1.29 is 19.2 Å². The highest BCUT2D eigenvalue weighted by Crippen LogP contribution is 2.35. The number of hydrogen-bond donors (Lipinski definition) is 2. The van der Waals surface area contributed by atoms with E-state index in [4.69, 9.17) is 4.74 Å². The lowest BCUT2D eigenvalue weighted by Crippen LogP contribution is -2.28. The number of amides is 2. The molecule has 10 nitrogen and oxygen atoms in total. The largest absolute Gasteiger partial charge is 0.497 e. The van der Waals surface area contributed by atoms with Crippen molar-refractivity contribution in [2.75, 3.05) is 12.4 Å². The van der Waals surface area contributed by atoms with E-state index in [-0.39, 0.29) is 23.7 Å². The molecule has 1 aliphatic heterocycles. The molecular weight excluding hydrogens is 458 g/mol. The number of fused-ring (bicyclic) bond motifs is 1. The fourth-order valence-corrected chi connectivity index (χ4v) is 4.62. The second-order valence-corrected chi connectivity index (χ2v) is 8.75. The Morgan fingerprint density at radius 3 is 2.68 bits per heavy atom. The molecule has 3 aromatic rings. The van der Waals surface area contributed by atoms with E-state index in [1.807, 2.05) is 24.3 Å². The fraction of sp³-hybridized carbons (Fsp3) is 0.261. The van der Waals surface area contributed by atoms with Gasteiger partial charge in [0.1, 0.15) is 18.1 Å². The van der Waals surface area contributed by atoms with E-state index in [1.54, 1.807) is 25.8 Å². The number of nitro benzene ring substituents is 1. The van der Waals surface area contributed by atoms with Crippen molar-refractivity contribution in [1.82, 2.24) is 15.1 Å². The van der Waals surface area contributed by atoms with Crippen LogP contribution in [0.4, 0.5) is 11.5 Å². The molecule has 0 fully saturated rings. The van der Waals surface area contributed by atoms with Crippen molar-refractivity contribution >= 4 is 35.1 Å². The number of rotatable bonds is 8. The molecule has 2 aromatic carbocycles. The minimum atomic E-state index is -0.516. The lowest BCUT2D eigenvalue weighted by molar-refractivity contribution is -0.385. The van der Waals surface area contributed by atoms with Crippen LogP contribution in [0.2, 0.25) is 0 Å². The predicted molar refractivity (Wildman–Crippen MR) is 128 cm³/mol. The number of benzene rings is 2. The standard InChI is InChI=1S/C23H23N5O5S/c1-14-3-6-16(9-20(14)28(31)32)23(30)25-22-18-12-34-13-19(18)26-27(22)11-21(29)24-10-15-4-7-17(33-2)8-5-15/h3-9H,10-13H2,1-2H3,(H,24,29)(H,25,30). The molecule has 2 N–H and O–H groups in total. The normalized spacial score (nSPS) is 12.2. The number of carbonyl (C=O) groups excluding carboxylic acids is 2. The van der Waals surface area contributed by atoms with Crippen LogP contribution in [-0.4, -0.2) is 33.6 Å². The van der Waals surface area contributed by atoms with Crippen molar-refractivity contribution in [1.29, 1.82) is 0 Å². The summed E-state index contributed by atoms with van der Waals surface area (Å²) in [6.45, 7) is 1.88. The minimum absolute atomic E-state index is 0.0719. The average Bonchev–Trinajstić information content (AvgIpc) is 3.40. The lowest BCUT2D eigenvalue weighted by Gasteiger charge is -2.12. The summed E-state index contributed by atoms with van der Waals surface area (Å²) in [7, 11) is 1.59. The number of methoxy groups -OCH3 is 1. The molecule has 0 saturated carbocycles. The Labute approximate surface area is 199 Å². The molecular formula is C23H23N5O5S. The first-order valence-corrected chi connectivity index (χ1v) is 11.6. The molecule has 176 valence electrons. The fourth-order valence-electron chi connectivity index (χ4n) is 3.58. The summed E-state index contributed by atoms with van der Waals surface area (Å²) >= 11 is 1.67. The zero-order valence-corrected chi connectivity index (χ0v) is 19.5. The molecule has 1 aromatic heterocycles. The second-order valence-electron chi connectivity index (χ2n) is 7.76. The van der Waals surface area contributed by atoms with Crippen LogP contribution >= 0.6 is 11.8 Å². The smallest absolute Gasteiger partial charge is 0.273 e. The third kappa shape index (κ3) is 5.04. The maximum atomic E-state index is 12.9. The van der Waals surface area contributed by atoms with E-state index in [1.165, 1.54) is 22.9 Å². The zero-order chi connectivity index (χ0) is 24.2. The predicted octanol–water partition coefficient (Wildman–Crippen LogP) is 3.42. The average molecular weight is 482 g/mol. The summed E-state index contributed by atoms with van der Waals surface area (Å²) in [5.74, 6) is 1.76. The Balaban J connectivity index is 1.48. The number of aromatic nitrogens is 2. The third-order valence-electron chi connectivity index (χ3n) is 5.46. The van der Waals surface area contributed by atoms with E-state index in [0.717, 1.165) is 22.6 Å². The van der Waals surface area contributed by atoms with E-state index >= 15 is 0 Å². The first-order valence-electron chi connectivity index (χ1n) is 10.5. The summed E-state index contributed by atoms with van der Waals surface area (Å²) in [5, 5.41) is 21.4. The topological polar surface area (TPSA) is 128 Å². The molecule has 0 unspecified atom stereocenters. The number of nitro groups is 1. The van der Waals surface area contributed by atoms with Gasteiger partial charge in [0.2, 0.25) is 5.91 Å². The van der Waals surface area contributed by atoms with Gasteiger partial charge in [-0.2, -0.15) is 16.9 Å². The van der Waals surface area contributed by atoms with Gasteiger partial charge in [-0.05, 0) is 30.7 Å². The molecule has 2 heterocycles. The highest BCUT2D eigenvalue weighted by Gasteiger charge is 2.26. The van der Waals surface area contributed by atoms with Crippen molar-refractivity contribution in [2.45, 2.75) is 31.5 Å². The van der Waals surface area contributed by atoms with E-state index in [0.29, 0.717) is 29.4 Å². The molecule has 0 spiro atoms. The van der Waals surface area contributed by atoms with E-state index in [9.17, 15) is 19.7 Å². The van der Waals surface area contributed by atoms with Crippen LogP contribution in [0.25, 0.3) is 0 Å². The quantitative estimate of drug-likeness (QED) is 0.373. The third-order valence-corrected chi connectivity index (χ3v) is 6.43. The number of carbonyl (C=O) groups is 2. The first kappa shape index (κ1) is 23.3. The van der Waals surface area contributed by atoms with Gasteiger partial charge in [0.25, 0.3) is 11.6 Å². The van der Waals surface area contributed by atoms with Gasteiger partial charge in [-0.15, -0.1) is 0 Å². The SMILES string of the molecule is COc1ccc(CNC(=O)Cn2nc3c(c2NC(=O)c2ccc(C)c([N+](=O)[O-])c2)CSC3)cc1. The molecule has 2 amide bonds. The van der Waals surface area contributed by atoms with Crippen LogP contribution in [0.5, 0.6) is 5.75 Å². The second kappa shape index (κ2) is 9.96. The molecule has 0 aliphatic carbocycles. The maximum absolute atomic E-state index is 12.9. The highest BCUT2D eigenvalue weighted by molar-refractivity contribution is 7.98. The molecule has 0 bridgehead atoms. The molecule has 4 rings (SSSR count). The van der Waals surface area contributed by atoms with Gasteiger partial charge < -0.3 is 15.4 Å². The monoisotopic (exact) mass is 481 g/mol. The van der Waals surface area contributed by atoms with Crippen molar-refractivity contribution in [3.63, 3.8) is 0 Å². The maximum Gasteiger partial charge on any atom is 0.273 e. The molecule has 11 heteroatoms. The number of thioether (sulfide) groups is 1. The van der Waals surface area contributed by atoms with Gasteiger partial charge >= 0.3 is 0 Å². The van der Waals surface area contributed by atoms with Crippen molar-refractivity contribution in [3.05, 3.63) is 80.5 Å². The summed E-state index contributed by atoms with van der Waals surface area (Å²) in [6.07, 6.45) is 0. The summed E-state index contributed by atoms with van der Waals surface area (Å²) < 4.78 is 6.62. The Kier molecular flexibility index (Phi) is 6.82. The molecule has 0 saturated heterocycles. The Bertz CT molecular complexity index is 1260. The Morgan fingerprint density at radius 2 is 1.97 bits per heavy atom. The number of nitrogens with one attached hydrogen (secondary N) is 2. The van der Waals surface area contributed by atoms with Gasteiger partial charge in [0, 0.05) is 40.8 Å². The van der Waals surface area contributed by atoms with Crippen LogP contribution in [0, 0.1) is 17.0 Å². The van der Waals surface area contributed by atoms with E-state index in [2.05, 4.69) is 15.7 Å². The van der Waals surface area contributed by atoms with Crippen LogP contribution in [-0.2, 0) is 29.4 Å². The minimum Gasteiger partial charge on any atom is -0.497 e. The first-order chi connectivity index (χ1) is 16.4. The summed E-state index contributed by atoms with van der Waals surface area (Å²) in [4.78, 5) is 36.2. The number of aryl methyl sites for hydroxylation is 1. The van der Waals surface area contributed by atoms with Crippen LogP contribution in [0.1, 0.15) is 32.7 Å². The number of nitrogens with zero attached hydrogens (tertiary/aromatic N) is 3. The van der Waals surface area contributed by atoms with E-state index < -0.39 is 10.8 Å².